The standard InChI is InChI=1S/C10H15NO.C2H6/c1-4-5-9-7-6-8(2)10(11-9)12-3;1-2/h6-7H,4-5H2,1-3H3;1-2H3. The molecule has 1 aromatic rings. The normalized spacial score (nSPS) is 8.93. The summed E-state index contributed by atoms with van der Waals surface area (Å²) in [5, 5.41) is 0. The maximum absolute atomic E-state index is 5.12. The molecule has 0 unspecified atom stereocenters. The molecule has 0 fully saturated rings. The lowest BCUT2D eigenvalue weighted by Crippen LogP contribution is -1.95. The van der Waals surface area contributed by atoms with Gasteiger partial charge in [-0.05, 0) is 19.4 Å². The van der Waals surface area contributed by atoms with Gasteiger partial charge in [0.25, 0.3) is 0 Å². The molecule has 0 bridgehead atoms. The number of aryl methyl sites for hydroxylation is 2. The fraction of sp³-hybridized carbons (Fsp3) is 0.583. The molecule has 2 nitrogen and oxygen atoms in total. The summed E-state index contributed by atoms with van der Waals surface area (Å²) in [5.41, 5.74) is 2.21. The lowest BCUT2D eigenvalue weighted by molar-refractivity contribution is 0.393. The van der Waals surface area contributed by atoms with Gasteiger partial charge >= 0.3 is 0 Å². The molecule has 1 aromatic heterocycles. The third kappa shape index (κ3) is 3.77. The van der Waals surface area contributed by atoms with Crippen molar-refractivity contribution in [1.29, 1.82) is 0 Å². The van der Waals surface area contributed by atoms with E-state index in [1.165, 1.54) is 0 Å². The monoisotopic (exact) mass is 195 g/mol. The number of methoxy groups -OCH3 is 1. The zero-order valence-electron chi connectivity index (χ0n) is 9.92. The summed E-state index contributed by atoms with van der Waals surface area (Å²) in [5.74, 6) is 0.751. The quantitative estimate of drug-likeness (QED) is 0.737. The molecule has 0 N–H and O–H groups in total. The lowest BCUT2D eigenvalue weighted by atomic mass is 10.2. The van der Waals surface area contributed by atoms with Gasteiger partial charge in [0, 0.05) is 11.3 Å². The molecule has 0 saturated carbocycles. The highest BCUT2D eigenvalue weighted by Gasteiger charge is 2.00. The second kappa shape index (κ2) is 7.36. The summed E-state index contributed by atoms with van der Waals surface area (Å²) in [6.07, 6.45) is 2.15. The zero-order chi connectivity index (χ0) is 11.0. The SMILES string of the molecule is CC.CCCc1ccc(C)c(OC)n1. The molecule has 1 heterocycles. The van der Waals surface area contributed by atoms with Crippen LogP contribution in [0.2, 0.25) is 0 Å². The van der Waals surface area contributed by atoms with Crippen LogP contribution in [0.5, 0.6) is 5.88 Å². The third-order valence-electron chi connectivity index (χ3n) is 1.81. The first-order valence-corrected chi connectivity index (χ1v) is 5.28. The summed E-state index contributed by atoms with van der Waals surface area (Å²) in [4.78, 5) is 4.36. The predicted molar refractivity (Wildman–Crippen MR) is 60.9 cm³/mol. The molecule has 2 heteroatoms. The number of pyridine rings is 1. The van der Waals surface area contributed by atoms with E-state index in [4.69, 9.17) is 4.74 Å². The van der Waals surface area contributed by atoms with Gasteiger partial charge in [-0.3, -0.25) is 0 Å². The first-order chi connectivity index (χ1) is 6.77. The molecule has 0 radical (unpaired) electrons. The van der Waals surface area contributed by atoms with Crippen molar-refractivity contribution < 1.29 is 4.74 Å². The van der Waals surface area contributed by atoms with E-state index in [0.717, 1.165) is 30.0 Å². The van der Waals surface area contributed by atoms with Crippen LogP contribution in [0.3, 0.4) is 0 Å². The minimum Gasteiger partial charge on any atom is -0.481 e. The van der Waals surface area contributed by atoms with Gasteiger partial charge in [-0.1, -0.05) is 33.3 Å². The largest absolute Gasteiger partial charge is 0.481 e. The Labute approximate surface area is 87.3 Å². The summed E-state index contributed by atoms with van der Waals surface area (Å²) in [6, 6.07) is 4.11. The summed E-state index contributed by atoms with van der Waals surface area (Å²) < 4.78 is 5.12. The summed E-state index contributed by atoms with van der Waals surface area (Å²) in [7, 11) is 1.66. The molecule has 0 aliphatic carbocycles. The highest BCUT2D eigenvalue weighted by Crippen LogP contribution is 2.14. The number of hydrogen-bond donors (Lipinski definition) is 0. The summed E-state index contributed by atoms with van der Waals surface area (Å²) in [6.45, 7) is 8.15. The molecule has 0 aromatic carbocycles. The van der Waals surface area contributed by atoms with Crippen LogP contribution in [-0.4, -0.2) is 12.1 Å². The van der Waals surface area contributed by atoms with Gasteiger partial charge in [-0.25, -0.2) is 4.98 Å². The van der Waals surface area contributed by atoms with Gasteiger partial charge in [-0.15, -0.1) is 0 Å². The highest BCUT2D eigenvalue weighted by molar-refractivity contribution is 5.26. The average molecular weight is 195 g/mol. The van der Waals surface area contributed by atoms with Gasteiger partial charge in [0.15, 0.2) is 0 Å². The third-order valence-corrected chi connectivity index (χ3v) is 1.81. The Hall–Kier alpha value is -1.05. The number of nitrogens with zero attached hydrogens (tertiary/aromatic N) is 1. The Kier molecular flexibility index (Phi) is 6.81. The Morgan fingerprint density at radius 3 is 2.43 bits per heavy atom. The van der Waals surface area contributed by atoms with Crippen molar-refractivity contribution in [2.45, 2.75) is 40.5 Å². The van der Waals surface area contributed by atoms with Crippen molar-refractivity contribution >= 4 is 0 Å². The average Bonchev–Trinajstić information content (AvgIpc) is 2.24. The second-order valence-corrected chi connectivity index (χ2v) is 2.88. The van der Waals surface area contributed by atoms with E-state index in [1.54, 1.807) is 7.11 Å². The first-order valence-electron chi connectivity index (χ1n) is 5.28. The first kappa shape index (κ1) is 12.9. The van der Waals surface area contributed by atoms with E-state index in [2.05, 4.69) is 24.0 Å². The van der Waals surface area contributed by atoms with E-state index >= 15 is 0 Å². The van der Waals surface area contributed by atoms with Crippen molar-refractivity contribution in [3.63, 3.8) is 0 Å². The molecule has 0 saturated heterocycles. The van der Waals surface area contributed by atoms with Crippen LogP contribution in [0.15, 0.2) is 12.1 Å². The number of rotatable bonds is 3. The molecular formula is C12H21NO. The number of ether oxygens (including phenoxy) is 1. The Morgan fingerprint density at radius 1 is 1.29 bits per heavy atom. The van der Waals surface area contributed by atoms with Gasteiger partial charge in [-0.2, -0.15) is 0 Å². The van der Waals surface area contributed by atoms with Crippen LogP contribution >= 0.6 is 0 Å². The smallest absolute Gasteiger partial charge is 0.216 e. The molecule has 14 heavy (non-hydrogen) atoms. The maximum atomic E-state index is 5.12. The van der Waals surface area contributed by atoms with Crippen LogP contribution < -0.4 is 4.74 Å². The van der Waals surface area contributed by atoms with Crippen LogP contribution in [0, 0.1) is 6.92 Å². The molecule has 0 spiro atoms. The van der Waals surface area contributed by atoms with Crippen molar-refractivity contribution in [3.8, 4) is 5.88 Å². The minimum absolute atomic E-state index is 0.751. The van der Waals surface area contributed by atoms with Gasteiger partial charge in [0.2, 0.25) is 5.88 Å². The fourth-order valence-corrected chi connectivity index (χ4v) is 1.15. The number of hydrogen-bond acceptors (Lipinski definition) is 2. The molecule has 0 amide bonds. The number of aromatic nitrogens is 1. The van der Waals surface area contributed by atoms with Gasteiger partial charge in [0.05, 0.1) is 7.11 Å². The Morgan fingerprint density at radius 2 is 1.93 bits per heavy atom. The van der Waals surface area contributed by atoms with Gasteiger partial charge < -0.3 is 4.74 Å². The van der Waals surface area contributed by atoms with Gasteiger partial charge in [0.1, 0.15) is 0 Å². The maximum Gasteiger partial charge on any atom is 0.216 e. The zero-order valence-corrected chi connectivity index (χ0v) is 9.92. The molecule has 1 rings (SSSR count). The molecule has 0 atom stereocenters. The molecule has 80 valence electrons. The van der Waals surface area contributed by atoms with Crippen LogP contribution in [-0.2, 0) is 6.42 Å². The molecule has 0 aliphatic heterocycles. The van der Waals surface area contributed by atoms with E-state index in [0.29, 0.717) is 0 Å². The highest BCUT2D eigenvalue weighted by atomic mass is 16.5. The van der Waals surface area contributed by atoms with Crippen molar-refractivity contribution in [2.75, 3.05) is 7.11 Å². The predicted octanol–water partition coefficient (Wildman–Crippen LogP) is 3.38. The fourth-order valence-electron chi connectivity index (χ4n) is 1.15. The van der Waals surface area contributed by atoms with Crippen molar-refractivity contribution in [2.24, 2.45) is 0 Å². The summed E-state index contributed by atoms with van der Waals surface area (Å²) >= 11 is 0. The molecule has 0 aliphatic rings. The Bertz CT molecular complexity index is 258. The van der Waals surface area contributed by atoms with Crippen LogP contribution in [0.4, 0.5) is 0 Å². The Balaban J connectivity index is 0.000000791. The van der Waals surface area contributed by atoms with E-state index in [1.807, 2.05) is 20.8 Å². The minimum atomic E-state index is 0.751. The van der Waals surface area contributed by atoms with E-state index in [-0.39, 0.29) is 0 Å². The molecular weight excluding hydrogens is 174 g/mol. The topological polar surface area (TPSA) is 22.1 Å². The van der Waals surface area contributed by atoms with Crippen molar-refractivity contribution in [3.05, 3.63) is 23.4 Å². The van der Waals surface area contributed by atoms with Crippen molar-refractivity contribution in [1.82, 2.24) is 4.98 Å². The van der Waals surface area contributed by atoms with Crippen LogP contribution in [0.25, 0.3) is 0 Å². The van der Waals surface area contributed by atoms with Crippen LogP contribution in [0.1, 0.15) is 38.4 Å². The van der Waals surface area contributed by atoms with E-state index < -0.39 is 0 Å². The lowest BCUT2D eigenvalue weighted by Gasteiger charge is -2.04. The second-order valence-electron chi connectivity index (χ2n) is 2.88. The van der Waals surface area contributed by atoms with E-state index in [9.17, 15) is 0 Å².